The van der Waals surface area contributed by atoms with Crippen LogP contribution in [0.4, 0.5) is 5.69 Å². The molecule has 0 aliphatic rings. The number of rotatable bonds is 12. The molecule has 3 aromatic carbocycles. The third-order valence-corrected chi connectivity index (χ3v) is 8.80. The smallest absolute Gasteiger partial charge is 0.245 e. The molecule has 0 radical (unpaired) electrons. The molecule has 0 saturated carbocycles. The minimum Gasteiger partial charge on any atom is -0.497 e. The lowest BCUT2D eigenvalue weighted by atomic mass is 10.0. The van der Waals surface area contributed by atoms with Crippen molar-refractivity contribution in [3.8, 4) is 11.8 Å². The van der Waals surface area contributed by atoms with E-state index in [2.05, 4.69) is 10.0 Å². The number of amides is 2. The number of carbonyl (C=O) groups excluding carboxylic acids is 2. The van der Waals surface area contributed by atoms with Crippen LogP contribution in [0.3, 0.4) is 0 Å². The highest BCUT2D eigenvalue weighted by Gasteiger charge is 2.36. The normalized spacial score (nSPS) is 12.5. The van der Waals surface area contributed by atoms with Crippen molar-refractivity contribution in [2.75, 3.05) is 25.4 Å². The standard InChI is InChI=1S/C29H30Cl2N4O5S/c1-4-35(2)29(37)26(15-19-5-7-21(18-32)8-6-19)33-28(36)27(16-20-9-12-23(40-3)13-10-20)41(38,39)34-22-11-14-24(30)25(31)17-22/h5-14,17,26-27,34H,4,15-16H2,1-3H3,(H,33,36). The molecule has 0 saturated heterocycles. The van der Waals surface area contributed by atoms with Crippen LogP contribution < -0.4 is 14.8 Å². The molecule has 3 aromatic rings. The Morgan fingerprint density at radius 3 is 2.15 bits per heavy atom. The van der Waals surface area contributed by atoms with Gasteiger partial charge >= 0.3 is 0 Å². The summed E-state index contributed by atoms with van der Waals surface area (Å²) in [6.07, 6.45) is -0.0932. The Hall–Kier alpha value is -3.78. The maximum Gasteiger partial charge on any atom is 0.245 e. The van der Waals surface area contributed by atoms with Crippen LogP contribution in [0, 0.1) is 11.3 Å². The van der Waals surface area contributed by atoms with E-state index in [0.29, 0.717) is 29.0 Å². The number of hydrogen-bond acceptors (Lipinski definition) is 6. The van der Waals surface area contributed by atoms with Crippen molar-refractivity contribution in [1.82, 2.24) is 10.2 Å². The lowest BCUT2D eigenvalue weighted by molar-refractivity contribution is -0.135. The third-order valence-electron chi connectivity index (χ3n) is 6.41. The van der Waals surface area contributed by atoms with Gasteiger partial charge in [0, 0.05) is 20.0 Å². The van der Waals surface area contributed by atoms with Gasteiger partial charge in [-0.1, -0.05) is 47.5 Å². The second-order valence-corrected chi connectivity index (χ2v) is 11.9. The maximum atomic E-state index is 13.7. The molecule has 0 bridgehead atoms. The number of benzene rings is 3. The average molecular weight is 618 g/mol. The van der Waals surface area contributed by atoms with Gasteiger partial charge in [-0.3, -0.25) is 14.3 Å². The maximum absolute atomic E-state index is 13.7. The van der Waals surface area contributed by atoms with Crippen LogP contribution in [0.15, 0.2) is 66.7 Å². The zero-order chi connectivity index (χ0) is 30.2. The Balaban J connectivity index is 1.96. The molecular weight excluding hydrogens is 587 g/mol. The van der Waals surface area contributed by atoms with E-state index >= 15 is 0 Å². The molecule has 12 heteroatoms. The fourth-order valence-corrected chi connectivity index (χ4v) is 5.61. The molecule has 2 unspecified atom stereocenters. The highest BCUT2D eigenvalue weighted by atomic mass is 35.5. The lowest BCUT2D eigenvalue weighted by Gasteiger charge is -2.26. The van der Waals surface area contributed by atoms with Crippen LogP contribution in [-0.2, 0) is 32.5 Å². The first-order valence-electron chi connectivity index (χ1n) is 12.6. The molecule has 0 aliphatic carbocycles. The number of sulfonamides is 1. The molecule has 0 heterocycles. The first-order chi connectivity index (χ1) is 19.5. The minimum atomic E-state index is -4.35. The Morgan fingerprint density at radius 2 is 1.59 bits per heavy atom. The van der Waals surface area contributed by atoms with Gasteiger partial charge in [0.2, 0.25) is 21.8 Å². The van der Waals surface area contributed by atoms with Crippen LogP contribution in [0.25, 0.3) is 0 Å². The van der Waals surface area contributed by atoms with E-state index in [1.807, 2.05) is 6.07 Å². The van der Waals surface area contributed by atoms with E-state index < -0.39 is 27.2 Å². The van der Waals surface area contributed by atoms with Gasteiger partial charge in [0.15, 0.2) is 5.25 Å². The van der Waals surface area contributed by atoms with E-state index in [4.69, 9.17) is 33.2 Å². The van der Waals surface area contributed by atoms with Crippen molar-refractivity contribution < 1.29 is 22.7 Å². The Bertz CT molecular complexity index is 1520. The highest BCUT2D eigenvalue weighted by molar-refractivity contribution is 7.94. The molecule has 2 amide bonds. The summed E-state index contributed by atoms with van der Waals surface area (Å²) in [6, 6.07) is 18.5. The van der Waals surface area contributed by atoms with Crippen molar-refractivity contribution in [1.29, 1.82) is 5.26 Å². The second-order valence-electron chi connectivity index (χ2n) is 9.24. The van der Waals surface area contributed by atoms with Crippen LogP contribution in [-0.4, -0.2) is 57.1 Å². The predicted octanol–water partition coefficient (Wildman–Crippen LogP) is 4.43. The monoisotopic (exact) mass is 616 g/mol. The van der Waals surface area contributed by atoms with Gasteiger partial charge in [0.1, 0.15) is 11.8 Å². The fraction of sp³-hybridized carbons (Fsp3) is 0.276. The van der Waals surface area contributed by atoms with Gasteiger partial charge < -0.3 is 15.0 Å². The quantitative estimate of drug-likeness (QED) is 0.310. The van der Waals surface area contributed by atoms with E-state index in [1.54, 1.807) is 62.5 Å². The number of methoxy groups -OCH3 is 1. The van der Waals surface area contributed by atoms with Gasteiger partial charge in [-0.25, -0.2) is 8.42 Å². The molecule has 3 rings (SSSR count). The number of halogens is 2. The number of nitrogens with one attached hydrogen (secondary N) is 2. The minimum absolute atomic E-state index is 0.0934. The number of carbonyl (C=O) groups is 2. The third kappa shape index (κ3) is 8.60. The van der Waals surface area contributed by atoms with Crippen molar-refractivity contribution >= 4 is 50.7 Å². The summed E-state index contributed by atoms with van der Waals surface area (Å²) in [5.74, 6) is -0.671. The van der Waals surface area contributed by atoms with Crippen LogP contribution in [0.5, 0.6) is 5.75 Å². The van der Waals surface area contributed by atoms with Crippen molar-refractivity contribution in [2.24, 2.45) is 0 Å². The molecule has 41 heavy (non-hydrogen) atoms. The summed E-state index contributed by atoms with van der Waals surface area (Å²) in [5, 5.41) is 10.5. The summed E-state index contributed by atoms with van der Waals surface area (Å²) < 4.78 is 34.9. The molecular formula is C29H30Cl2N4O5S. The molecule has 0 spiro atoms. The van der Waals surface area contributed by atoms with Gasteiger partial charge in [0.25, 0.3) is 0 Å². The number of hydrogen-bond donors (Lipinski definition) is 2. The summed E-state index contributed by atoms with van der Waals surface area (Å²) in [6.45, 7) is 2.17. The van der Waals surface area contributed by atoms with Gasteiger partial charge in [0.05, 0.1) is 34.5 Å². The number of nitrogens with zero attached hydrogens (tertiary/aromatic N) is 2. The SMILES string of the molecule is CCN(C)C(=O)C(Cc1ccc(C#N)cc1)NC(=O)C(Cc1ccc(OC)cc1)S(=O)(=O)Nc1ccc(Cl)c(Cl)c1. The second kappa shape index (κ2) is 14.2. The van der Waals surface area contributed by atoms with Crippen LogP contribution >= 0.6 is 23.2 Å². The van der Waals surface area contributed by atoms with Gasteiger partial charge in [-0.15, -0.1) is 0 Å². The molecule has 2 N–H and O–H groups in total. The Labute approximate surface area is 250 Å². The zero-order valence-corrected chi connectivity index (χ0v) is 25.1. The fourth-order valence-electron chi connectivity index (χ4n) is 3.95. The number of ether oxygens (including phenoxy) is 1. The summed E-state index contributed by atoms with van der Waals surface area (Å²) >= 11 is 12.0. The first-order valence-corrected chi connectivity index (χ1v) is 14.9. The van der Waals surface area contributed by atoms with Crippen molar-refractivity contribution in [2.45, 2.75) is 31.1 Å². The van der Waals surface area contributed by atoms with E-state index in [-0.39, 0.29) is 34.5 Å². The zero-order valence-electron chi connectivity index (χ0n) is 22.7. The lowest BCUT2D eigenvalue weighted by Crippen LogP contribution is -2.53. The van der Waals surface area contributed by atoms with E-state index in [9.17, 15) is 18.0 Å². The Morgan fingerprint density at radius 1 is 0.976 bits per heavy atom. The number of anilines is 1. The van der Waals surface area contributed by atoms with E-state index in [0.717, 1.165) is 0 Å². The largest absolute Gasteiger partial charge is 0.497 e. The average Bonchev–Trinajstić information content (AvgIpc) is 2.97. The first kappa shape index (κ1) is 31.7. The van der Waals surface area contributed by atoms with Crippen molar-refractivity contribution in [3.63, 3.8) is 0 Å². The molecule has 0 aliphatic heterocycles. The van der Waals surface area contributed by atoms with E-state index in [1.165, 1.54) is 30.2 Å². The van der Waals surface area contributed by atoms with Crippen molar-refractivity contribution in [3.05, 3.63) is 93.5 Å². The van der Waals surface area contributed by atoms with Gasteiger partial charge in [-0.2, -0.15) is 5.26 Å². The molecule has 9 nitrogen and oxygen atoms in total. The van der Waals surface area contributed by atoms with Gasteiger partial charge in [-0.05, 0) is 66.9 Å². The predicted molar refractivity (Wildman–Crippen MR) is 160 cm³/mol. The Kier molecular flexibility index (Phi) is 11.0. The number of nitriles is 1. The molecule has 216 valence electrons. The summed E-state index contributed by atoms with van der Waals surface area (Å²) in [7, 11) is -1.25. The topological polar surface area (TPSA) is 129 Å². The molecule has 0 fully saturated rings. The van der Waals surface area contributed by atoms with Crippen LogP contribution in [0.1, 0.15) is 23.6 Å². The number of likely N-dealkylation sites (N-methyl/N-ethyl adjacent to an activating group) is 1. The highest BCUT2D eigenvalue weighted by Crippen LogP contribution is 2.26. The molecule has 2 atom stereocenters. The summed E-state index contributed by atoms with van der Waals surface area (Å²) in [5.41, 5.74) is 1.83. The molecule has 0 aromatic heterocycles. The van der Waals surface area contributed by atoms with Crippen LogP contribution in [0.2, 0.25) is 10.0 Å². The summed E-state index contributed by atoms with van der Waals surface area (Å²) in [4.78, 5) is 28.4.